The molecule has 21 heavy (non-hydrogen) atoms. The third kappa shape index (κ3) is 2.55. The molecule has 3 N–H and O–H groups in total. The Labute approximate surface area is 121 Å². The number of hydrogen-bond donors (Lipinski definition) is 2. The van der Waals surface area contributed by atoms with Gasteiger partial charge in [0.1, 0.15) is 12.3 Å². The molecule has 2 heterocycles. The molecule has 0 amide bonds. The maximum Gasteiger partial charge on any atom is 0.174 e. The highest BCUT2D eigenvalue weighted by molar-refractivity contribution is 5.80. The fraction of sp³-hybridized carbons (Fsp3) is 0.133. The van der Waals surface area contributed by atoms with Crippen molar-refractivity contribution in [2.24, 2.45) is 0 Å². The van der Waals surface area contributed by atoms with E-state index >= 15 is 0 Å². The zero-order valence-electron chi connectivity index (χ0n) is 11.3. The van der Waals surface area contributed by atoms with Gasteiger partial charge in [-0.05, 0) is 30.5 Å². The van der Waals surface area contributed by atoms with Gasteiger partial charge in [0.2, 0.25) is 0 Å². The fourth-order valence-corrected chi connectivity index (χ4v) is 1.98. The Bertz CT molecular complexity index is 873. The second kappa shape index (κ2) is 5.23. The summed E-state index contributed by atoms with van der Waals surface area (Å²) < 4.78 is 0. The Balaban J connectivity index is 2.12. The van der Waals surface area contributed by atoms with Crippen molar-refractivity contribution in [2.75, 3.05) is 6.61 Å². The second-order valence-electron chi connectivity index (χ2n) is 4.52. The summed E-state index contributed by atoms with van der Waals surface area (Å²) in [5, 5.41) is 8.71. The fourth-order valence-electron chi connectivity index (χ4n) is 1.98. The molecule has 0 spiro atoms. The Morgan fingerprint density at radius 2 is 2.19 bits per heavy atom. The molecule has 6 nitrogen and oxygen atoms in total. The van der Waals surface area contributed by atoms with Crippen LogP contribution in [0.2, 0.25) is 0 Å². The van der Waals surface area contributed by atoms with Gasteiger partial charge in [0.25, 0.3) is 0 Å². The van der Waals surface area contributed by atoms with Crippen LogP contribution in [-0.4, -0.2) is 31.6 Å². The van der Waals surface area contributed by atoms with Gasteiger partial charge >= 0.3 is 0 Å². The molecule has 0 unspecified atom stereocenters. The number of aliphatic hydroxyl groups excluding tert-OH is 1. The summed E-state index contributed by atoms with van der Waals surface area (Å²) >= 11 is 0. The minimum absolute atomic E-state index is 0.0281. The molecule has 6 heteroatoms. The number of aromatic amines is 1. The summed E-state index contributed by atoms with van der Waals surface area (Å²) in [7, 11) is 0. The van der Waals surface area contributed by atoms with E-state index in [-0.39, 0.29) is 12.4 Å². The lowest BCUT2D eigenvalue weighted by atomic mass is 10.2. The van der Waals surface area contributed by atoms with E-state index in [1.54, 1.807) is 0 Å². The lowest BCUT2D eigenvalue weighted by molar-refractivity contribution is 0.350. The third-order valence-electron chi connectivity index (χ3n) is 2.93. The molecule has 1 aromatic carbocycles. The van der Waals surface area contributed by atoms with E-state index in [9.17, 15) is 0 Å². The Morgan fingerprint density at radius 1 is 1.33 bits per heavy atom. The van der Waals surface area contributed by atoms with E-state index in [2.05, 4.69) is 31.8 Å². The van der Waals surface area contributed by atoms with Gasteiger partial charge in [-0.2, -0.15) is 0 Å². The summed E-state index contributed by atoms with van der Waals surface area (Å²) in [5.74, 6) is 5.70. The van der Waals surface area contributed by atoms with Crippen molar-refractivity contribution in [3.8, 4) is 23.4 Å². The number of rotatable bonds is 1. The number of benzene rings is 1. The van der Waals surface area contributed by atoms with Crippen LogP contribution in [0.15, 0.2) is 24.4 Å². The summed E-state index contributed by atoms with van der Waals surface area (Å²) in [6, 6.07) is 5.87. The first-order valence-electron chi connectivity index (χ1n) is 6.32. The standard InChI is InChI=1S/C15H12N5O/c1-9-4-5-11-12(7-9)20-15(19-11)13-14(16)17-8-10(18-13)3-2-6-21/h4-5,7-8,16,21H,6H2,1H3,(H,19,20). The number of nitrogens with one attached hydrogen (secondary N) is 2. The Hall–Kier alpha value is -2.91. The van der Waals surface area contributed by atoms with Gasteiger partial charge in [-0.25, -0.2) is 15.0 Å². The van der Waals surface area contributed by atoms with Crippen molar-refractivity contribution in [3.63, 3.8) is 0 Å². The highest BCUT2D eigenvalue weighted by Gasteiger charge is 2.12. The summed E-state index contributed by atoms with van der Waals surface area (Å²) in [6.45, 7) is 1.75. The number of H-pyrrole nitrogens is 1. The molecule has 0 saturated carbocycles. The lowest BCUT2D eigenvalue weighted by Crippen LogP contribution is -1.95. The van der Waals surface area contributed by atoms with Crippen LogP contribution in [0.3, 0.4) is 0 Å². The van der Waals surface area contributed by atoms with Gasteiger partial charge in [-0.15, -0.1) is 0 Å². The smallest absolute Gasteiger partial charge is 0.174 e. The topological polar surface area (TPSA) is 98.5 Å². The number of nitrogens with zero attached hydrogens (tertiary/aromatic N) is 3. The molecule has 0 aliphatic heterocycles. The van der Waals surface area contributed by atoms with E-state index in [1.807, 2.05) is 25.1 Å². The zero-order chi connectivity index (χ0) is 14.8. The van der Waals surface area contributed by atoms with Crippen molar-refractivity contribution >= 4 is 16.9 Å². The van der Waals surface area contributed by atoms with E-state index in [1.165, 1.54) is 6.20 Å². The van der Waals surface area contributed by atoms with Gasteiger partial charge in [-0.3, -0.25) is 5.73 Å². The molecule has 2 aromatic heterocycles. The molecule has 0 saturated heterocycles. The van der Waals surface area contributed by atoms with Crippen molar-refractivity contribution < 1.29 is 5.11 Å². The average Bonchev–Trinajstić information content (AvgIpc) is 2.89. The van der Waals surface area contributed by atoms with Gasteiger partial charge in [0, 0.05) is 0 Å². The first kappa shape index (κ1) is 13.1. The highest BCUT2D eigenvalue weighted by Crippen LogP contribution is 2.23. The molecule has 0 atom stereocenters. The van der Waals surface area contributed by atoms with E-state index < -0.39 is 0 Å². The van der Waals surface area contributed by atoms with Crippen LogP contribution in [0.25, 0.3) is 22.6 Å². The number of fused-ring (bicyclic) bond motifs is 1. The monoisotopic (exact) mass is 278 g/mol. The first-order valence-corrected chi connectivity index (χ1v) is 6.32. The van der Waals surface area contributed by atoms with Crippen LogP contribution in [0.5, 0.6) is 0 Å². The molecule has 3 rings (SSSR count). The van der Waals surface area contributed by atoms with Crippen molar-refractivity contribution in [2.45, 2.75) is 6.92 Å². The molecule has 3 aromatic rings. The SMILES string of the molecule is Cc1ccc2nc(-c3nc(C#CCO)cnc3[NH])[nH]c2c1. The van der Waals surface area contributed by atoms with E-state index in [4.69, 9.17) is 10.8 Å². The first-order chi connectivity index (χ1) is 10.2. The molecule has 0 fully saturated rings. The Kier molecular flexibility index (Phi) is 3.26. The van der Waals surface area contributed by atoms with E-state index in [0.29, 0.717) is 17.2 Å². The number of aromatic nitrogens is 4. The van der Waals surface area contributed by atoms with Crippen LogP contribution in [0, 0.1) is 18.8 Å². The van der Waals surface area contributed by atoms with Crippen LogP contribution in [0.1, 0.15) is 11.3 Å². The molecule has 1 radical (unpaired) electrons. The average molecular weight is 278 g/mol. The number of aliphatic hydroxyl groups is 1. The third-order valence-corrected chi connectivity index (χ3v) is 2.93. The highest BCUT2D eigenvalue weighted by atomic mass is 16.2. The van der Waals surface area contributed by atoms with Crippen molar-refractivity contribution in [1.82, 2.24) is 25.7 Å². The molecule has 0 bridgehead atoms. The van der Waals surface area contributed by atoms with Crippen molar-refractivity contribution in [1.29, 1.82) is 0 Å². The van der Waals surface area contributed by atoms with Gasteiger partial charge in [-0.1, -0.05) is 12.0 Å². The zero-order valence-corrected chi connectivity index (χ0v) is 11.3. The minimum atomic E-state index is -0.246. The van der Waals surface area contributed by atoms with Crippen LogP contribution >= 0.6 is 0 Å². The molecule has 103 valence electrons. The quantitative estimate of drug-likeness (QED) is 0.660. The Morgan fingerprint density at radius 3 is 3.00 bits per heavy atom. The van der Waals surface area contributed by atoms with E-state index in [0.717, 1.165) is 16.6 Å². The molecular weight excluding hydrogens is 266 g/mol. The van der Waals surface area contributed by atoms with Crippen LogP contribution in [-0.2, 0) is 0 Å². The van der Waals surface area contributed by atoms with Crippen molar-refractivity contribution in [3.05, 3.63) is 35.7 Å². The van der Waals surface area contributed by atoms with Gasteiger partial charge in [0.05, 0.1) is 17.2 Å². The summed E-state index contributed by atoms with van der Waals surface area (Å²) in [4.78, 5) is 15.8. The molecule has 0 aliphatic rings. The predicted octanol–water partition coefficient (Wildman–Crippen LogP) is 1.59. The number of imidazole rings is 1. The van der Waals surface area contributed by atoms with Crippen LogP contribution < -0.4 is 5.73 Å². The largest absolute Gasteiger partial charge is 0.384 e. The second-order valence-corrected chi connectivity index (χ2v) is 4.52. The lowest BCUT2D eigenvalue weighted by Gasteiger charge is -1.99. The maximum absolute atomic E-state index is 8.71. The van der Waals surface area contributed by atoms with Crippen LogP contribution in [0.4, 0.5) is 5.82 Å². The number of aryl methyl sites for hydroxylation is 1. The maximum atomic E-state index is 8.71. The molecular formula is C15H12N5O. The minimum Gasteiger partial charge on any atom is -0.384 e. The summed E-state index contributed by atoms with van der Waals surface area (Å²) in [6.07, 6.45) is 1.40. The van der Waals surface area contributed by atoms with Gasteiger partial charge in [0.15, 0.2) is 17.3 Å². The van der Waals surface area contributed by atoms with Gasteiger partial charge < -0.3 is 10.1 Å². The molecule has 0 aliphatic carbocycles. The predicted molar refractivity (Wildman–Crippen MR) is 78.6 cm³/mol. The summed E-state index contributed by atoms with van der Waals surface area (Å²) in [5.41, 5.74) is 11.4. The number of hydrogen-bond acceptors (Lipinski definition) is 4. The normalized spacial score (nSPS) is 10.4.